The molecule has 0 N–H and O–H groups in total. The third-order valence-corrected chi connectivity index (χ3v) is 15.5. The summed E-state index contributed by atoms with van der Waals surface area (Å²) in [5.74, 6) is 1.18. The SMILES string of the molecule is Fc1cc(-c2ccccc2)cc(-c2ccccc2)c1N(c1ccc2cc3c4c(cccc4c2c1)Oc1cc(N(c2ccccc2-c2ccccc2)c2cccc4c2oc2ccccc24)ccc1-3)c1ccccc1-c1ccccc1. The van der Waals surface area contributed by atoms with Crippen LogP contribution in [0.15, 0.2) is 290 Å². The predicted molar refractivity (Wildman–Crippen MR) is 325 cm³/mol. The van der Waals surface area contributed by atoms with E-state index in [1.165, 1.54) is 0 Å². The summed E-state index contributed by atoms with van der Waals surface area (Å²) >= 11 is 0. The second-order valence-corrected chi connectivity index (χ2v) is 20.1. The van der Waals surface area contributed by atoms with Gasteiger partial charge >= 0.3 is 0 Å². The highest BCUT2D eigenvalue weighted by Crippen LogP contribution is 2.54. The van der Waals surface area contributed by atoms with Crippen LogP contribution in [0, 0.1) is 5.82 Å². The maximum Gasteiger partial charge on any atom is 0.159 e. The van der Waals surface area contributed by atoms with Crippen LogP contribution in [0.5, 0.6) is 11.5 Å². The van der Waals surface area contributed by atoms with E-state index in [0.717, 1.165) is 139 Å². The molecule has 0 amide bonds. The summed E-state index contributed by atoms with van der Waals surface area (Å²) in [4.78, 5) is 4.42. The van der Waals surface area contributed by atoms with Gasteiger partial charge in [0.1, 0.15) is 22.9 Å². The molecule has 0 atom stereocenters. The van der Waals surface area contributed by atoms with Crippen molar-refractivity contribution in [3.05, 3.63) is 291 Å². The zero-order valence-corrected chi connectivity index (χ0v) is 42.7. The number of rotatable bonds is 10. The van der Waals surface area contributed by atoms with Crippen LogP contribution in [-0.4, -0.2) is 0 Å². The van der Waals surface area contributed by atoms with Crippen LogP contribution in [0.1, 0.15) is 0 Å². The lowest BCUT2D eigenvalue weighted by Gasteiger charge is -2.31. The molecule has 79 heavy (non-hydrogen) atoms. The van der Waals surface area contributed by atoms with Gasteiger partial charge in [-0.1, -0.05) is 206 Å². The van der Waals surface area contributed by atoms with E-state index in [4.69, 9.17) is 9.15 Å². The summed E-state index contributed by atoms with van der Waals surface area (Å²) in [7, 11) is 0. The first-order chi connectivity index (χ1) is 39.1. The molecule has 0 spiro atoms. The lowest BCUT2D eigenvalue weighted by molar-refractivity contribution is 0.487. The first-order valence-corrected chi connectivity index (χ1v) is 26.7. The number of benzene rings is 13. The largest absolute Gasteiger partial charge is 0.456 e. The van der Waals surface area contributed by atoms with Crippen LogP contribution >= 0.6 is 0 Å². The molecule has 2 heterocycles. The molecule has 1 aliphatic rings. The van der Waals surface area contributed by atoms with Crippen molar-refractivity contribution in [2.24, 2.45) is 0 Å². The molecule has 1 aliphatic heterocycles. The Balaban J connectivity index is 0.915. The minimum absolute atomic E-state index is 0.333. The minimum Gasteiger partial charge on any atom is -0.456 e. The molecule has 0 unspecified atom stereocenters. The van der Waals surface area contributed by atoms with E-state index in [1.807, 2.05) is 84.9 Å². The highest BCUT2D eigenvalue weighted by atomic mass is 19.1. The number of para-hydroxylation sites is 4. The average Bonchev–Trinajstić information content (AvgIpc) is 4.02. The molecular weight excluding hydrogens is 968 g/mol. The second kappa shape index (κ2) is 19.0. The summed E-state index contributed by atoms with van der Waals surface area (Å²) in [6, 6.07) is 98.1. The quantitative estimate of drug-likeness (QED) is 0.128. The molecule has 0 bridgehead atoms. The number of halogens is 1. The summed E-state index contributed by atoms with van der Waals surface area (Å²) in [5, 5.41) is 6.25. The number of hydrogen-bond donors (Lipinski definition) is 0. The van der Waals surface area contributed by atoms with Gasteiger partial charge in [-0.3, -0.25) is 0 Å². The van der Waals surface area contributed by atoms with Crippen molar-refractivity contribution in [1.29, 1.82) is 0 Å². The monoisotopic (exact) mass is 1010 g/mol. The topological polar surface area (TPSA) is 28.9 Å². The van der Waals surface area contributed by atoms with Gasteiger partial charge in [0, 0.05) is 50.2 Å². The number of fused-ring (bicyclic) bond motifs is 7. The smallest absolute Gasteiger partial charge is 0.159 e. The molecule has 5 heteroatoms. The Kier molecular flexibility index (Phi) is 11.0. The zero-order valence-electron chi connectivity index (χ0n) is 42.7. The van der Waals surface area contributed by atoms with E-state index >= 15 is 4.39 Å². The highest BCUT2D eigenvalue weighted by Gasteiger charge is 2.29. The van der Waals surface area contributed by atoms with Crippen molar-refractivity contribution in [1.82, 2.24) is 0 Å². The van der Waals surface area contributed by atoms with Crippen molar-refractivity contribution >= 4 is 77.6 Å². The summed E-state index contributed by atoms with van der Waals surface area (Å²) in [6.07, 6.45) is 0. The Morgan fingerprint density at radius 1 is 0.304 bits per heavy atom. The average molecular weight is 1020 g/mol. The number of nitrogens with zero attached hydrogens (tertiary/aromatic N) is 2. The maximum absolute atomic E-state index is 17.9. The van der Waals surface area contributed by atoms with Gasteiger partial charge in [-0.15, -0.1) is 0 Å². The van der Waals surface area contributed by atoms with Crippen molar-refractivity contribution in [3.8, 4) is 67.1 Å². The van der Waals surface area contributed by atoms with Crippen LogP contribution in [0.4, 0.5) is 38.5 Å². The minimum atomic E-state index is -0.333. The van der Waals surface area contributed by atoms with E-state index in [2.05, 4.69) is 204 Å². The third kappa shape index (κ3) is 7.82. The number of furan rings is 1. The molecule has 0 aliphatic carbocycles. The zero-order chi connectivity index (χ0) is 52.4. The van der Waals surface area contributed by atoms with Gasteiger partial charge in [-0.05, 0) is 122 Å². The second-order valence-electron chi connectivity index (χ2n) is 20.1. The van der Waals surface area contributed by atoms with E-state index in [-0.39, 0.29) is 5.82 Å². The van der Waals surface area contributed by atoms with Crippen molar-refractivity contribution in [3.63, 3.8) is 0 Å². The van der Waals surface area contributed by atoms with Gasteiger partial charge in [-0.25, -0.2) is 4.39 Å². The Hall–Kier alpha value is -10.5. The van der Waals surface area contributed by atoms with Crippen LogP contribution < -0.4 is 14.5 Å². The Bertz CT molecular complexity index is 4650. The van der Waals surface area contributed by atoms with Gasteiger partial charge in [0.2, 0.25) is 0 Å². The van der Waals surface area contributed by atoms with Crippen LogP contribution in [-0.2, 0) is 0 Å². The number of ether oxygens (including phenoxy) is 1. The lowest BCUT2D eigenvalue weighted by atomic mass is 9.90. The molecule has 15 rings (SSSR count). The molecule has 4 nitrogen and oxygen atoms in total. The molecule has 14 aromatic rings. The van der Waals surface area contributed by atoms with E-state index < -0.39 is 0 Å². The first-order valence-electron chi connectivity index (χ1n) is 26.7. The van der Waals surface area contributed by atoms with Gasteiger partial charge in [0.05, 0.1) is 28.4 Å². The fraction of sp³-hybridized carbons (Fsp3) is 0. The standard InChI is InChI=1S/C74H47FN2O2/c75-65-45-53(48-21-5-1-6-22-48)44-63(51-27-11-4-12-28-51)73(65)77(67-35-17-14-30-57(67)50-25-9-3-10-26-50)54-40-39-52-43-64-59-42-41-55(47-71(59)78-70-38-20-32-60(72(64)70)62(52)46-54)76(66-34-16-13-29-56(66)49-23-7-2-8-24-49)68-36-19-33-61-58-31-15-18-37-69(58)79-74(61)68/h1-47H. The Morgan fingerprint density at radius 3 is 1.56 bits per heavy atom. The molecule has 372 valence electrons. The molecular formula is C74H47FN2O2. The van der Waals surface area contributed by atoms with Gasteiger partial charge < -0.3 is 19.0 Å². The maximum atomic E-state index is 17.9. The van der Waals surface area contributed by atoms with Crippen LogP contribution in [0.3, 0.4) is 0 Å². The number of anilines is 6. The van der Waals surface area contributed by atoms with Crippen molar-refractivity contribution in [2.75, 3.05) is 9.80 Å². The Morgan fingerprint density at radius 2 is 0.848 bits per heavy atom. The van der Waals surface area contributed by atoms with Crippen molar-refractivity contribution in [2.45, 2.75) is 0 Å². The molecule has 0 radical (unpaired) electrons. The summed E-state index contributed by atoms with van der Waals surface area (Å²) < 4.78 is 31.8. The highest BCUT2D eigenvalue weighted by molar-refractivity contribution is 6.18. The number of hydrogen-bond acceptors (Lipinski definition) is 4. The van der Waals surface area contributed by atoms with Gasteiger partial charge in [0.25, 0.3) is 0 Å². The first kappa shape index (κ1) is 45.9. The molecule has 0 fully saturated rings. The predicted octanol–water partition coefficient (Wildman–Crippen LogP) is 21.4. The van der Waals surface area contributed by atoms with Crippen molar-refractivity contribution < 1.29 is 13.5 Å². The normalized spacial score (nSPS) is 11.7. The molecule has 0 saturated carbocycles. The van der Waals surface area contributed by atoms with E-state index in [1.54, 1.807) is 6.07 Å². The summed E-state index contributed by atoms with van der Waals surface area (Å²) in [5.41, 5.74) is 16.3. The van der Waals surface area contributed by atoms with E-state index in [0.29, 0.717) is 5.69 Å². The third-order valence-electron chi connectivity index (χ3n) is 15.5. The van der Waals surface area contributed by atoms with Crippen LogP contribution in [0.2, 0.25) is 0 Å². The van der Waals surface area contributed by atoms with Gasteiger partial charge in [-0.2, -0.15) is 0 Å². The Labute approximate surface area is 456 Å². The molecule has 13 aromatic carbocycles. The van der Waals surface area contributed by atoms with Gasteiger partial charge in [0.15, 0.2) is 5.58 Å². The van der Waals surface area contributed by atoms with Crippen LogP contribution in [0.25, 0.3) is 99.1 Å². The molecule has 0 saturated heterocycles. The fourth-order valence-corrected chi connectivity index (χ4v) is 11.9. The molecule has 1 aromatic heterocycles. The lowest BCUT2D eigenvalue weighted by Crippen LogP contribution is -2.14. The van der Waals surface area contributed by atoms with E-state index in [9.17, 15) is 0 Å². The fourth-order valence-electron chi connectivity index (χ4n) is 11.9. The summed E-state index contributed by atoms with van der Waals surface area (Å²) in [6.45, 7) is 0.